The minimum atomic E-state index is -2.65. The lowest BCUT2D eigenvalue weighted by Gasteiger charge is -2.44. The van der Waals surface area contributed by atoms with E-state index < -0.39 is 6.43 Å². The van der Waals surface area contributed by atoms with Crippen LogP contribution >= 0.6 is 0 Å². The maximum atomic E-state index is 13.4. The second-order valence-corrected chi connectivity index (χ2v) is 7.40. The average molecular weight is 390 g/mol. The highest BCUT2D eigenvalue weighted by Gasteiger charge is 2.32. The predicted molar refractivity (Wildman–Crippen MR) is 99.0 cm³/mol. The molecule has 3 aromatic rings. The highest BCUT2D eigenvalue weighted by atomic mass is 19.3. The second-order valence-electron chi connectivity index (χ2n) is 7.40. The van der Waals surface area contributed by atoms with E-state index in [-0.39, 0.29) is 22.6 Å². The molecule has 1 saturated heterocycles. The number of nitrogens with zero attached hydrogens (tertiary/aromatic N) is 6. The average Bonchev–Trinajstić information content (AvgIpc) is 3.16. The van der Waals surface area contributed by atoms with E-state index in [0.29, 0.717) is 18.9 Å². The maximum Gasteiger partial charge on any atom is 0.267 e. The van der Waals surface area contributed by atoms with Crippen molar-refractivity contribution in [3.63, 3.8) is 0 Å². The van der Waals surface area contributed by atoms with Crippen molar-refractivity contribution in [2.75, 3.05) is 31.1 Å². The molecule has 1 aliphatic rings. The van der Waals surface area contributed by atoms with Crippen molar-refractivity contribution in [1.82, 2.24) is 24.7 Å². The Hall–Kier alpha value is -2.68. The molecule has 28 heavy (non-hydrogen) atoms. The first-order valence-corrected chi connectivity index (χ1v) is 9.11. The van der Waals surface area contributed by atoms with Crippen LogP contribution in [-0.2, 0) is 5.54 Å². The zero-order chi connectivity index (χ0) is 19.9. The lowest BCUT2D eigenvalue weighted by molar-refractivity contribution is 0.111. The Balaban J connectivity index is 1.53. The first-order valence-electron chi connectivity index (χ1n) is 9.11. The first-order chi connectivity index (χ1) is 13.4. The van der Waals surface area contributed by atoms with Crippen LogP contribution in [0.4, 0.5) is 19.0 Å². The van der Waals surface area contributed by atoms with Gasteiger partial charge in [0.2, 0.25) is 0 Å². The van der Waals surface area contributed by atoms with Gasteiger partial charge in [0, 0.05) is 31.7 Å². The molecule has 0 spiro atoms. The molecular weight excluding hydrogens is 369 g/mol. The van der Waals surface area contributed by atoms with Crippen LogP contribution in [0.5, 0.6) is 0 Å². The molecule has 0 radical (unpaired) electrons. The van der Waals surface area contributed by atoms with Gasteiger partial charge in [-0.15, -0.1) is 15.3 Å². The van der Waals surface area contributed by atoms with E-state index in [1.54, 1.807) is 12.1 Å². The predicted octanol–water partition coefficient (Wildman–Crippen LogP) is 3.26. The van der Waals surface area contributed by atoms with E-state index in [9.17, 15) is 13.2 Å². The van der Waals surface area contributed by atoms with Gasteiger partial charge >= 0.3 is 0 Å². The van der Waals surface area contributed by atoms with Crippen LogP contribution in [0.3, 0.4) is 0 Å². The van der Waals surface area contributed by atoms with E-state index in [0.717, 1.165) is 18.7 Å². The number of halogens is 3. The van der Waals surface area contributed by atoms with Gasteiger partial charge in [0.15, 0.2) is 5.65 Å². The van der Waals surface area contributed by atoms with E-state index in [1.807, 2.05) is 4.90 Å². The minimum Gasteiger partial charge on any atom is -0.353 e. The molecular formula is C19H21F3N6. The summed E-state index contributed by atoms with van der Waals surface area (Å²) in [7, 11) is 0. The van der Waals surface area contributed by atoms with Crippen molar-refractivity contribution in [1.29, 1.82) is 0 Å². The van der Waals surface area contributed by atoms with Gasteiger partial charge in [-0.2, -0.15) is 4.52 Å². The Morgan fingerprint density at radius 2 is 1.71 bits per heavy atom. The van der Waals surface area contributed by atoms with Crippen LogP contribution < -0.4 is 4.90 Å². The number of fused-ring (bicyclic) bond motifs is 1. The Morgan fingerprint density at radius 3 is 2.36 bits per heavy atom. The van der Waals surface area contributed by atoms with Gasteiger partial charge in [-0.25, -0.2) is 13.2 Å². The molecule has 0 atom stereocenters. The topological polar surface area (TPSA) is 49.6 Å². The molecule has 0 N–H and O–H groups in total. The zero-order valence-electron chi connectivity index (χ0n) is 15.7. The number of piperazine rings is 1. The summed E-state index contributed by atoms with van der Waals surface area (Å²) in [5.74, 6) is 0.233. The summed E-state index contributed by atoms with van der Waals surface area (Å²) in [5.41, 5.74) is 0.678. The molecule has 2 aromatic heterocycles. The van der Waals surface area contributed by atoms with Crippen molar-refractivity contribution in [2.24, 2.45) is 0 Å². The quantitative estimate of drug-likeness (QED) is 0.685. The van der Waals surface area contributed by atoms with Gasteiger partial charge in [0.25, 0.3) is 6.43 Å². The van der Waals surface area contributed by atoms with E-state index in [2.05, 4.69) is 34.0 Å². The summed E-state index contributed by atoms with van der Waals surface area (Å²) >= 11 is 0. The lowest BCUT2D eigenvalue weighted by Crippen LogP contribution is -2.53. The van der Waals surface area contributed by atoms with Gasteiger partial charge in [0.1, 0.15) is 18.0 Å². The molecule has 0 amide bonds. The molecule has 148 valence electrons. The molecule has 6 nitrogen and oxygen atoms in total. The Labute approximate surface area is 160 Å². The molecule has 1 fully saturated rings. The zero-order valence-corrected chi connectivity index (χ0v) is 15.7. The third-order valence-corrected chi connectivity index (χ3v) is 5.46. The minimum absolute atomic E-state index is 0.0785. The summed E-state index contributed by atoms with van der Waals surface area (Å²) in [6, 6.07) is 7.95. The monoisotopic (exact) mass is 390 g/mol. The van der Waals surface area contributed by atoms with Crippen LogP contribution in [-0.4, -0.2) is 50.9 Å². The number of rotatable bonds is 4. The second kappa shape index (κ2) is 7.05. The first kappa shape index (κ1) is 18.7. The van der Waals surface area contributed by atoms with Gasteiger partial charge in [-0.3, -0.25) is 4.90 Å². The van der Waals surface area contributed by atoms with Crippen molar-refractivity contribution < 1.29 is 13.2 Å². The Kier molecular flexibility index (Phi) is 4.70. The standard InChI is InChI=1S/C19H21F3N6/c1-19(2,13-3-5-14(20)6-4-13)27-9-7-26(8-10-27)16-11-15(17(21)22)18-24-23-12-28(18)25-16/h3-6,11-12,17H,7-10H2,1-2H3. The molecule has 0 saturated carbocycles. The van der Waals surface area contributed by atoms with Crippen molar-refractivity contribution in [2.45, 2.75) is 25.8 Å². The maximum absolute atomic E-state index is 13.4. The molecule has 1 aromatic carbocycles. The van der Waals surface area contributed by atoms with Crippen molar-refractivity contribution >= 4 is 11.5 Å². The largest absolute Gasteiger partial charge is 0.353 e. The van der Waals surface area contributed by atoms with Gasteiger partial charge < -0.3 is 4.90 Å². The Bertz CT molecular complexity index is 961. The molecule has 0 bridgehead atoms. The third-order valence-electron chi connectivity index (χ3n) is 5.46. The number of benzene rings is 1. The molecule has 9 heteroatoms. The lowest BCUT2D eigenvalue weighted by atomic mass is 9.91. The fourth-order valence-electron chi connectivity index (χ4n) is 3.69. The van der Waals surface area contributed by atoms with E-state index in [4.69, 9.17) is 0 Å². The van der Waals surface area contributed by atoms with Crippen LogP contribution in [0.2, 0.25) is 0 Å². The highest BCUT2D eigenvalue weighted by molar-refractivity contribution is 5.53. The van der Waals surface area contributed by atoms with Gasteiger partial charge in [-0.05, 0) is 37.6 Å². The number of aromatic nitrogens is 4. The van der Waals surface area contributed by atoms with Crippen LogP contribution in [0.25, 0.3) is 5.65 Å². The summed E-state index contributed by atoms with van der Waals surface area (Å²) in [5, 5.41) is 11.8. The number of anilines is 1. The van der Waals surface area contributed by atoms with Gasteiger partial charge in [-0.1, -0.05) is 12.1 Å². The summed E-state index contributed by atoms with van der Waals surface area (Å²) in [6.45, 7) is 6.97. The number of hydrogen-bond acceptors (Lipinski definition) is 5. The number of hydrogen-bond donors (Lipinski definition) is 0. The van der Waals surface area contributed by atoms with E-state index >= 15 is 0 Å². The highest BCUT2D eigenvalue weighted by Crippen LogP contribution is 2.31. The molecule has 3 heterocycles. The SMILES string of the molecule is CC(C)(c1ccc(F)cc1)N1CCN(c2cc(C(F)F)c3nncn3n2)CC1. The van der Waals surface area contributed by atoms with Crippen LogP contribution in [0.15, 0.2) is 36.7 Å². The number of alkyl halides is 2. The van der Waals surface area contributed by atoms with E-state index in [1.165, 1.54) is 29.0 Å². The fraction of sp³-hybridized carbons (Fsp3) is 0.421. The van der Waals surface area contributed by atoms with Crippen molar-refractivity contribution in [3.8, 4) is 0 Å². The fourth-order valence-corrected chi connectivity index (χ4v) is 3.69. The summed E-state index contributed by atoms with van der Waals surface area (Å²) < 4.78 is 41.3. The van der Waals surface area contributed by atoms with Crippen LogP contribution in [0, 0.1) is 5.82 Å². The summed E-state index contributed by atoms with van der Waals surface area (Å²) in [6.07, 6.45) is -1.31. The summed E-state index contributed by atoms with van der Waals surface area (Å²) in [4.78, 5) is 4.30. The smallest absolute Gasteiger partial charge is 0.267 e. The molecule has 0 unspecified atom stereocenters. The normalized spacial score (nSPS) is 16.3. The molecule has 0 aliphatic carbocycles. The molecule has 4 rings (SSSR count). The van der Waals surface area contributed by atoms with Crippen molar-refractivity contribution in [3.05, 3.63) is 53.6 Å². The van der Waals surface area contributed by atoms with Crippen LogP contribution in [0.1, 0.15) is 31.4 Å². The Morgan fingerprint density at radius 1 is 1.04 bits per heavy atom. The third kappa shape index (κ3) is 3.30. The molecule has 1 aliphatic heterocycles. The van der Waals surface area contributed by atoms with Gasteiger partial charge in [0.05, 0.1) is 5.56 Å².